The number of unbranched alkanes of at least 4 members (excludes halogenated alkanes) is 27. The highest BCUT2D eigenvalue weighted by atomic mass is 16.3. The van der Waals surface area contributed by atoms with Gasteiger partial charge in [0.05, 0.1) is 18.8 Å². The number of allylic oxidation sites excluding steroid dienone is 9. The molecule has 54 heavy (non-hydrogen) atoms. The van der Waals surface area contributed by atoms with Crippen molar-refractivity contribution in [1.29, 1.82) is 0 Å². The molecule has 0 aliphatic carbocycles. The first kappa shape index (κ1) is 52.1. The first-order valence-corrected chi connectivity index (χ1v) is 23.5. The summed E-state index contributed by atoms with van der Waals surface area (Å²) in [5, 5.41) is 23.0. The Balaban J connectivity index is 3.65. The van der Waals surface area contributed by atoms with Crippen LogP contribution in [0.15, 0.2) is 60.8 Å². The molecule has 2 unspecified atom stereocenters. The number of aliphatic hydroxyl groups excluding tert-OH is 2. The van der Waals surface area contributed by atoms with Crippen LogP contribution in [0.5, 0.6) is 0 Å². The van der Waals surface area contributed by atoms with E-state index in [9.17, 15) is 15.0 Å². The van der Waals surface area contributed by atoms with E-state index in [1.165, 1.54) is 161 Å². The van der Waals surface area contributed by atoms with E-state index < -0.39 is 12.1 Å². The summed E-state index contributed by atoms with van der Waals surface area (Å²) in [6.45, 7) is 4.28. The Kier molecular flexibility index (Phi) is 43.9. The van der Waals surface area contributed by atoms with Crippen LogP contribution >= 0.6 is 0 Å². The third-order valence-electron chi connectivity index (χ3n) is 10.5. The van der Waals surface area contributed by atoms with Crippen molar-refractivity contribution < 1.29 is 15.0 Å². The Morgan fingerprint density at radius 2 is 0.778 bits per heavy atom. The summed E-state index contributed by atoms with van der Waals surface area (Å²) in [4.78, 5) is 12.4. The molecule has 4 nitrogen and oxygen atoms in total. The molecule has 0 fully saturated rings. The average Bonchev–Trinajstić information content (AvgIpc) is 3.18. The predicted molar refractivity (Wildman–Crippen MR) is 239 cm³/mol. The molecular weight excluding hydrogens is 663 g/mol. The first-order chi connectivity index (χ1) is 26.7. The van der Waals surface area contributed by atoms with Gasteiger partial charge in [-0.1, -0.05) is 209 Å². The van der Waals surface area contributed by atoms with Gasteiger partial charge in [0, 0.05) is 6.42 Å². The number of rotatable bonds is 42. The van der Waals surface area contributed by atoms with Crippen molar-refractivity contribution in [2.75, 3.05) is 6.61 Å². The predicted octanol–water partition coefficient (Wildman–Crippen LogP) is 14.9. The third kappa shape index (κ3) is 41.3. The number of carbonyl (C=O) groups excluding carboxylic acids is 1. The van der Waals surface area contributed by atoms with Crippen LogP contribution in [0.4, 0.5) is 0 Å². The summed E-state index contributed by atoms with van der Waals surface area (Å²) in [5.74, 6) is -0.0869. The molecule has 4 heteroatoms. The fourth-order valence-corrected chi connectivity index (χ4v) is 6.83. The summed E-state index contributed by atoms with van der Waals surface area (Å²) in [5.41, 5.74) is 0. The van der Waals surface area contributed by atoms with E-state index in [0.717, 1.165) is 51.4 Å². The molecular formula is C50H91NO3. The van der Waals surface area contributed by atoms with Gasteiger partial charge in [-0.25, -0.2) is 0 Å². The van der Waals surface area contributed by atoms with Crippen LogP contribution in [0.1, 0.15) is 232 Å². The molecule has 0 heterocycles. The van der Waals surface area contributed by atoms with Gasteiger partial charge < -0.3 is 15.5 Å². The number of hydrogen-bond donors (Lipinski definition) is 3. The Labute approximate surface area is 336 Å². The summed E-state index contributed by atoms with van der Waals surface area (Å²) in [6, 6.07) is -0.652. The van der Waals surface area contributed by atoms with E-state index in [4.69, 9.17) is 0 Å². The van der Waals surface area contributed by atoms with Crippen LogP contribution in [0.25, 0.3) is 0 Å². The van der Waals surface area contributed by atoms with E-state index in [-0.39, 0.29) is 12.5 Å². The average molecular weight is 754 g/mol. The zero-order chi connectivity index (χ0) is 39.3. The maximum absolute atomic E-state index is 12.4. The second-order valence-corrected chi connectivity index (χ2v) is 15.8. The Bertz CT molecular complexity index is 904. The second-order valence-electron chi connectivity index (χ2n) is 15.8. The van der Waals surface area contributed by atoms with E-state index in [1.54, 1.807) is 6.08 Å². The Morgan fingerprint density at radius 3 is 1.20 bits per heavy atom. The largest absolute Gasteiger partial charge is 0.394 e. The molecule has 0 aromatic heterocycles. The maximum atomic E-state index is 12.4. The van der Waals surface area contributed by atoms with Crippen molar-refractivity contribution >= 4 is 5.91 Å². The summed E-state index contributed by atoms with van der Waals surface area (Å²) >= 11 is 0. The van der Waals surface area contributed by atoms with E-state index >= 15 is 0 Å². The molecule has 0 saturated carbocycles. The number of aliphatic hydroxyl groups is 2. The minimum Gasteiger partial charge on any atom is -0.394 e. The van der Waals surface area contributed by atoms with Crippen molar-refractivity contribution in [3.8, 4) is 0 Å². The van der Waals surface area contributed by atoms with Gasteiger partial charge >= 0.3 is 0 Å². The Morgan fingerprint density at radius 1 is 0.444 bits per heavy atom. The highest BCUT2D eigenvalue weighted by molar-refractivity contribution is 5.76. The van der Waals surface area contributed by atoms with E-state index in [1.807, 2.05) is 6.08 Å². The molecule has 0 bridgehead atoms. The van der Waals surface area contributed by atoms with E-state index in [2.05, 4.69) is 67.8 Å². The van der Waals surface area contributed by atoms with Crippen LogP contribution in [-0.2, 0) is 4.79 Å². The van der Waals surface area contributed by atoms with Crippen molar-refractivity contribution in [2.24, 2.45) is 0 Å². The van der Waals surface area contributed by atoms with Crippen molar-refractivity contribution in [1.82, 2.24) is 5.32 Å². The van der Waals surface area contributed by atoms with Crippen molar-refractivity contribution in [3.05, 3.63) is 60.8 Å². The minimum absolute atomic E-state index is 0.0869. The normalized spacial score (nSPS) is 13.5. The fourth-order valence-electron chi connectivity index (χ4n) is 6.83. The van der Waals surface area contributed by atoms with Crippen LogP contribution in [-0.4, -0.2) is 34.9 Å². The zero-order valence-electron chi connectivity index (χ0n) is 36.0. The van der Waals surface area contributed by atoms with Gasteiger partial charge in [0.2, 0.25) is 5.91 Å². The molecule has 0 radical (unpaired) electrons. The van der Waals surface area contributed by atoms with Gasteiger partial charge in [-0.05, 0) is 77.0 Å². The van der Waals surface area contributed by atoms with Crippen LogP contribution in [0.3, 0.4) is 0 Å². The molecule has 3 N–H and O–H groups in total. The van der Waals surface area contributed by atoms with Crippen LogP contribution in [0, 0.1) is 0 Å². The van der Waals surface area contributed by atoms with Crippen molar-refractivity contribution in [2.45, 2.75) is 244 Å². The molecule has 0 spiro atoms. The number of nitrogens with one attached hydrogen (secondary N) is 1. The topological polar surface area (TPSA) is 69.6 Å². The van der Waals surface area contributed by atoms with Crippen LogP contribution < -0.4 is 5.32 Å². The molecule has 0 aromatic carbocycles. The highest BCUT2D eigenvalue weighted by Gasteiger charge is 2.17. The van der Waals surface area contributed by atoms with Gasteiger partial charge in [0.15, 0.2) is 0 Å². The molecule has 1 amide bonds. The zero-order valence-corrected chi connectivity index (χ0v) is 36.0. The van der Waals surface area contributed by atoms with Crippen LogP contribution in [0.2, 0.25) is 0 Å². The monoisotopic (exact) mass is 754 g/mol. The second kappa shape index (κ2) is 45.5. The molecule has 0 aromatic rings. The molecule has 0 saturated heterocycles. The smallest absolute Gasteiger partial charge is 0.220 e. The van der Waals surface area contributed by atoms with Gasteiger partial charge in [-0.15, -0.1) is 0 Å². The molecule has 314 valence electrons. The van der Waals surface area contributed by atoms with Crippen molar-refractivity contribution in [3.63, 3.8) is 0 Å². The summed E-state index contributed by atoms with van der Waals surface area (Å²) in [6.07, 6.45) is 63.4. The quantitative estimate of drug-likeness (QED) is 0.0429. The number of carbonyl (C=O) groups is 1. The van der Waals surface area contributed by atoms with Gasteiger partial charge in [-0.2, -0.15) is 0 Å². The van der Waals surface area contributed by atoms with E-state index in [0.29, 0.717) is 6.42 Å². The standard InChI is InChI=1S/C50H91NO3/c1-3-5-7-9-11-13-15-17-19-21-23-24-25-26-27-28-29-31-33-35-37-39-41-43-45-49(53)48(47-52)51-50(54)46-44-42-40-38-36-34-32-30-22-20-18-16-14-12-10-8-6-4-2/h14,16,20,22,28-29,35,37,43,45,48-49,52-53H,3-13,15,17-19,21,23-27,30-34,36,38-42,44,46-47H2,1-2H3,(H,51,54)/b16-14-,22-20-,29-28+,37-35+,45-43+. The first-order valence-electron chi connectivity index (χ1n) is 23.5. The lowest BCUT2D eigenvalue weighted by Crippen LogP contribution is -2.45. The summed E-state index contributed by atoms with van der Waals surface area (Å²) < 4.78 is 0. The lowest BCUT2D eigenvalue weighted by atomic mass is 10.0. The SMILES string of the molecule is CCCCCC/C=C\C/C=C\CCCCCCCCCC(=O)NC(CO)C(O)/C=C/CC/C=C/CC/C=C/CCCCCCCCCCCCCCCC. The third-order valence-corrected chi connectivity index (χ3v) is 10.5. The maximum Gasteiger partial charge on any atom is 0.220 e. The van der Waals surface area contributed by atoms with Gasteiger partial charge in [0.1, 0.15) is 0 Å². The molecule has 2 atom stereocenters. The lowest BCUT2D eigenvalue weighted by Gasteiger charge is -2.19. The Hall–Kier alpha value is -1.91. The lowest BCUT2D eigenvalue weighted by molar-refractivity contribution is -0.123. The van der Waals surface area contributed by atoms with Gasteiger partial charge in [0.25, 0.3) is 0 Å². The molecule has 0 aliphatic heterocycles. The summed E-state index contributed by atoms with van der Waals surface area (Å²) in [7, 11) is 0. The fraction of sp³-hybridized carbons (Fsp3) is 0.780. The molecule has 0 aliphatic rings. The minimum atomic E-state index is -0.876. The molecule has 0 rings (SSSR count). The number of hydrogen-bond acceptors (Lipinski definition) is 3. The van der Waals surface area contributed by atoms with Gasteiger partial charge in [-0.3, -0.25) is 4.79 Å². The number of amides is 1. The highest BCUT2D eigenvalue weighted by Crippen LogP contribution is 2.14.